The van der Waals surface area contributed by atoms with Crippen molar-refractivity contribution < 1.29 is 19.4 Å². The molecule has 0 saturated carbocycles. The third-order valence-corrected chi connectivity index (χ3v) is 6.35. The number of likely N-dealkylation sites (tertiary alicyclic amines) is 1. The number of hydrogen-bond donors (Lipinski definition) is 1. The second kappa shape index (κ2) is 9.81. The minimum Gasteiger partial charge on any atom is -0.493 e. The number of fused-ring (bicyclic) bond motifs is 1. The maximum Gasteiger partial charge on any atom is 0.303 e. The molecule has 1 aromatic carbocycles. The van der Waals surface area contributed by atoms with E-state index in [9.17, 15) is 9.90 Å². The third kappa shape index (κ3) is 5.43. The molecule has 2 aliphatic heterocycles. The van der Waals surface area contributed by atoms with Gasteiger partial charge in [0.2, 0.25) is 0 Å². The minimum atomic E-state index is -0.689. The maximum atomic E-state index is 11.2. The van der Waals surface area contributed by atoms with Gasteiger partial charge in [-0.3, -0.25) is 9.69 Å². The molecular weight excluding hydrogens is 368 g/mol. The largest absolute Gasteiger partial charge is 0.493 e. The predicted octanol–water partition coefficient (Wildman–Crippen LogP) is 3.27. The second-order valence-corrected chi connectivity index (χ2v) is 8.90. The zero-order valence-electron chi connectivity index (χ0n) is 18.3. The Kier molecular flexibility index (Phi) is 7.41. The van der Waals surface area contributed by atoms with Crippen LogP contribution in [0.4, 0.5) is 0 Å². The fourth-order valence-corrected chi connectivity index (χ4v) is 5.04. The summed E-state index contributed by atoms with van der Waals surface area (Å²) in [6.07, 6.45) is 3.11. The molecule has 2 atom stereocenters. The van der Waals surface area contributed by atoms with Crippen LogP contribution >= 0.6 is 0 Å². The first kappa shape index (κ1) is 21.9. The highest BCUT2D eigenvalue weighted by atomic mass is 16.5. The molecule has 1 saturated heterocycles. The van der Waals surface area contributed by atoms with E-state index in [2.05, 4.69) is 35.8 Å². The number of aliphatic carboxylic acids is 1. The van der Waals surface area contributed by atoms with Crippen molar-refractivity contribution in [1.82, 2.24) is 9.80 Å². The van der Waals surface area contributed by atoms with Crippen molar-refractivity contribution in [3.63, 3.8) is 0 Å². The van der Waals surface area contributed by atoms with E-state index in [0.29, 0.717) is 17.9 Å². The van der Waals surface area contributed by atoms with Gasteiger partial charge in [0, 0.05) is 38.6 Å². The Bertz CT molecular complexity index is 706. The van der Waals surface area contributed by atoms with Gasteiger partial charge in [0.15, 0.2) is 11.5 Å². The normalized spacial score (nSPS) is 23.1. The molecule has 1 aromatic rings. The number of rotatable bonds is 8. The molecule has 0 radical (unpaired) electrons. The molecule has 0 aromatic heterocycles. The van der Waals surface area contributed by atoms with Gasteiger partial charge in [-0.1, -0.05) is 13.8 Å². The van der Waals surface area contributed by atoms with Gasteiger partial charge in [0.1, 0.15) is 0 Å². The molecule has 29 heavy (non-hydrogen) atoms. The van der Waals surface area contributed by atoms with Crippen LogP contribution in [-0.4, -0.2) is 67.3 Å². The van der Waals surface area contributed by atoms with Crippen molar-refractivity contribution in [2.75, 3.05) is 40.4 Å². The predicted molar refractivity (Wildman–Crippen MR) is 114 cm³/mol. The molecule has 0 unspecified atom stereocenters. The standard InChI is InChI=1S/C23H36N2O4/c1-16(2)13-24-9-8-20(18(14-24)5-6-23(26)27)25-10-7-17-11-21(28-3)22(29-4)12-19(17)15-25/h11-12,16,18,20H,5-10,13-15H2,1-4H3,(H,26,27)/t18-,20+/m1/s1. The molecule has 6 nitrogen and oxygen atoms in total. The number of hydrogen-bond acceptors (Lipinski definition) is 5. The highest BCUT2D eigenvalue weighted by molar-refractivity contribution is 5.66. The van der Waals surface area contributed by atoms with Crippen molar-refractivity contribution in [1.29, 1.82) is 0 Å². The topological polar surface area (TPSA) is 62.2 Å². The van der Waals surface area contributed by atoms with Gasteiger partial charge in [-0.2, -0.15) is 0 Å². The Morgan fingerprint density at radius 1 is 1.17 bits per heavy atom. The molecule has 3 rings (SSSR count). The van der Waals surface area contributed by atoms with Crippen LogP contribution in [0.3, 0.4) is 0 Å². The van der Waals surface area contributed by atoms with Crippen LogP contribution in [-0.2, 0) is 17.8 Å². The van der Waals surface area contributed by atoms with Crippen molar-refractivity contribution in [3.05, 3.63) is 23.3 Å². The smallest absolute Gasteiger partial charge is 0.303 e. The van der Waals surface area contributed by atoms with Gasteiger partial charge >= 0.3 is 5.97 Å². The van der Waals surface area contributed by atoms with Gasteiger partial charge in [-0.25, -0.2) is 0 Å². The summed E-state index contributed by atoms with van der Waals surface area (Å²) in [5.74, 6) is 1.92. The van der Waals surface area contributed by atoms with Crippen LogP contribution < -0.4 is 9.47 Å². The van der Waals surface area contributed by atoms with Gasteiger partial charge in [-0.05, 0) is 60.9 Å². The number of nitrogens with zero attached hydrogens (tertiary/aromatic N) is 2. The molecule has 2 aliphatic rings. The number of methoxy groups -OCH3 is 2. The SMILES string of the molecule is COc1cc2c(cc1OC)CN([C@H]1CCN(CC(C)C)C[C@H]1CCC(=O)O)CC2. The van der Waals surface area contributed by atoms with E-state index in [1.165, 1.54) is 11.1 Å². The van der Waals surface area contributed by atoms with E-state index < -0.39 is 5.97 Å². The summed E-state index contributed by atoms with van der Waals surface area (Å²) in [7, 11) is 3.36. The number of piperidine rings is 1. The fraction of sp³-hybridized carbons (Fsp3) is 0.696. The second-order valence-electron chi connectivity index (χ2n) is 8.90. The molecule has 2 heterocycles. The Morgan fingerprint density at radius 2 is 1.86 bits per heavy atom. The third-order valence-electron chi connectivity index (χ3n) is 6.35. The molecule has 1 N–H and O–H groups in total. The van der Waals surface area contributed by atoms with Crippen LogP contribution in [0.25, 0.3) is 0 Å². The average Bonchev–Trinajstić information content (AvgIpc) is 2.70. The van der Waals surface area contributed by atoms with Crippen molar-refractivity contribution in [3.8, 4) is 11.5 Å². The maximum absolute atomic E-state index is 11.2. The Morgan fingerprint density at radius 3 is 2.48 bits per heavy atom. The monoisotopic (exact) mass is 404 g/mol. The minimum absolute atomic E-state index is 0.256. The van der Waals surface area contributed by atoms with Gasteiger partial charge in [-0.15, -0.1) is 0 Å². The lowest BCUT2D eigenvalue weighted by atomic mass is 9.85. The molecule has 0 spiro atoms. The van der Waals surface area contributed by atoms with Crippen LogP contribution in [0.2, 0.25) is 0 Å². The zero-order chi connectivity index (χ0) is 21.0. The van der Waals surface area contributed by atoms with Crippen LogP contribution in [0.5, 0.6) is 11.5 Å². The molecule has 1 fully saturated rings. The first-order valence-electron chi connectivity index (χ1n) is 10.8. The number of ether oxygens (including phenoxy) is 2. The van der Waals surface area contributed by atoms with E-state index in [-0.39, 0.29) is 6.42 Å². The lowest BCUT2D eigenvalue weighted by Gasteiger charge is -2.46. The number of benzene rings is 1. The van der Waals surface area contributed by atoms with Crippen molar-refractivity contribution in [2.24, 2.45) is 11.8 Å². The lowest BCUT2D eigenvalue weighted by Crippen LogP contribution is -2.52. The summed E-state index contributed by atoms with van der Waals surface area (Å²) in [4.78, 5) is 16.3. The Balaban J connectivity index is 1.74. The Hall–Kier alpha value is -1.79. The summed E-state index contributed by atoms with van der Waals surface area (Å²) in [5, 5.41) is 9.24. The van der Waals surface area contributed by atoms with Crippen LogP contribution in [0, 0.1) is 11.8 Å². The summed E-state index contributed by atoms with van der Waals surface area (Å²) >= 11 is 0. The molecule has 0 aliphatic carbocycles. The molecule has 0 bridgehead atoms. The van der Waals surface area contributed by atoms with E-state index in [1.807, 2.05) is 0 Å². The van der Waals surface area contributed by atoms with E-state index in [0.717, 1.165) is 63.5 Å². The van der Waals surface area contributed by atoms with Crippen LogP contribution in [0.1, 0.15) is 44.2 Å². The fourth-order valence-electron chi connectivity index (χ4n) is 5.04. The average molecular weight is 405 g/mol. The quantitative estimate of drug-likeness (QED) is 0.718. The number of carboxylic acid groups (broad SMARTS) is 1. The first-order valence-corrected chi connectivity index (χ1v) is 10.8. The van der Waals surface area contributed by atoms with Gasteiger partial charge in [0.25, 0.3) is 0 Å². The summed E-state index contributed by atoms with van der Waals surface area (Å²) in [5.41, 5.74) is 2.63. The van der Waals surface area contributed by atoms with Gasteiger partial charge < -0.3 is 19.5 Å². The van der Waals surface area contributed by atoms with Gasteiger partial charge in [0.05, 0.1) is 14.2 Å². The molecule has 0 amide bonds. The molecular formula is C23H36N2O4. The van der Waals surface area contributed by atoms with Crippen molar-refractivity contribution in [2.45, 2.75) is 52.1 Å². The summed E-state index contributed by atoms with van der Waals surface area (Å²) in [6.45, 7) is 9.61. The van der Waals surface area contributed by atoms with E-state index in [1.54, 1.807) is 14.2 Å². The number of carboxylic acids is 1. The number of carbonyl (C=O) groups is 1. The molecule has 162 valence electrons. The summed E-state index contributed by atoms with van der Waals surface area (Å²) in [6, 6.07) is 4.66. The van der Waals surface area contributed by atoms with E-state index in [4.69, 9.17) is 9.47 Å². The Labute approximate surface area is 174 Å². The highest BCUT2D eigenvalue weighted by Crippen LogP contribution is 2.36. The zero-order valence-corrected chi connectivity index (χ0v) is 18.3. The first-order chi connectivity index (χ1) is 13.9. The summed E-state index contributed by atoms with van der Waals surface area (Å²) < 4.78 is 11.0. The van der Waals surface area contributed by atoms with E-state index >= 15 is 0 Å². The van der Waals surface area contributed by atoms with Crippen molar-refractivity contribution >= 4 is 5.97 Å². The molecule has 6 heteroatoms. The highest BCUT2D eigenvalue weighted by Gasteiger charge is 2.35. The van der Waals surface area contributed by atoms with Crippen LogP contribution in [0.15, 0.2) is 12.1 Å². The lowest BCUT2D eigenvalue weighted by molar-refractivity contribution is -0.137.